The number of aromatic nitrogens is 1. The van der Waals surface area contributed by atoms with Gasteiger partial charge in [0.2, 0.25) is 0 Å². The van der Waals surface area contributed by atoms with Crippen molar-refractivity contribution >= 4 is 23.2 Å². The largest absolute Gasteiger partial charge is 0.369 e. The fourth-order valence-electron chi connectivity index (χ4n) is 4.07. The number of likely N-dealkylation sites (tertiary alicyclic amines) is 2. The van der Waals surface area contributed by atoms with Crippen LogP contribution in [0, 0.1) is 6.92 Å². The van der Waals surface area contributed by atoms with Gasteiger partial charge in [0.05, 0.1) is 10.9 Å². The van der Waals surface area contributed by atoms with Gasteiger partial charge in [0, 0.05) is 43.5 Å². The first-order valence-electron chi connectivity index (χ1n) is 9.20. The number of thiophene rings is 1. The van der Waals surface area contributed by atoms with Crippen LogP contribution < -0.4 is 0 Å². The van der Waals surface area contributed by atoms with E-state index in [1.807, 2.05) is 41.0 Å². The molecule has 142 valence electrons. The van der Waals surface area contributed by atoms with E-state index in [0.29, 0.717) is 13.1 Å². The summed E-state index contributed by atoms with van der Waals surface area (Å²) in [5, 5.41) is 0. The molecule has 2 aliphatic rings. The van der Waals surface area contributed by atoms with Crippen molar-refractivity contribution in [2.75, 3.05) is 20.2 Å². The summed E-state index contributed by atoms with van der Waals surface area (Å²) in [5.74, 6) is 0.139. The Hall–Kier alpha value is -2.25. The van der Waals surface area contributed by atoms with Gasteiger partial charge in [-0.15, -0.1) is 11.3 Å². The molecule has 2 aliphatic heterocycles. The summed E-state index contributed by atoms with van der Waals surface area (Å²) in [4.78, 5) is 35.1. The zero-order chi connectivity index (χ0) is 19.0. The van der Waals surface area contributed by atoms with E-state index in [2.05, 4.69) is 4.98 Å². The molecule has 0 aromatic carbocycles. The minimum atomic E-state index is -0.429. The van der Waals surface area contributed by atoms with E-state index in [-0.39, 0.29) is 23.9 Å². The van der Waals surface area contributed by atoms with E-state index < -0.39 is 6.10 Å². The Balaban J connectivity index is 1.44. The Bertz CT molecular complexity index is 830. The van der Waals surface area contributed by atoms with Crippen molar-refractivity contribution in [2.24, 2.45) is 0 Å². The number of hydrogen-bond acceptors (Lipinski definition) is 5. The van der Waals surface area contributed by atoms with E-state index in [1.54, 1.807) is 19.5 Å². The highest BCUT2D eigenvalue weighted by molar-refractivity contribution is 7.13. The lowest BCUT2D eigenvalue weighted by Crippen LogP contribution is -2.64. The maximum absolute atomic E-state index is 12.7. The summed E-state index contributed by atoms with van der Waals surface area (Å²) in [6, 6.07) is 7.82. The predicted octanol–water partition coefficient (Wildman–Crippen LogP) is 2.65. The van der Waals surface area contributed by atoms with E-state index in [1.165, 1.54) is 11.3 Å². The molecule has 7 heteroatoms. The van der Waals surface area contributed by atoms with Crippen molar-refractivity contribution in [3.8, 4) is 0 Å². The van der Waals surface area contributed by atoms with Crippen molar-refractivity contribution in [1.82, 2.24) is 14.8 Å². The zero-order valence-corrected chi connectivity index (χ0v) is 16.3. The monoisotopic (exact) mass is 385 g/mol. The molecule has 0 bridgehead atoms. The summed E-state index contributed by atoms with van der Waals surface area (Å²) < 4.78 is 5.43. The molecule has 2 aromatic heterocycles. The maximum atomic E-state index is 12.7. The molecular formula is C20H23N3O3S. The van der Waals surface area contributed by atoms with Gasteiger partial charge in [-0.25, -0.2) is 0 Å². The smallest absolute Gasteiger partial charge is 0.263 e. The second-order valence-corrected chi connectivity index (χ2v) is 8.35. The number of nitrogens with zero attached hydrogens (tertiary/aromatic N) is 3. The van der Waals surface area contributed by atoms with Crippen LogP contribution in [0.1, 0.15) is 39.0 Å². The maximum Gasteiger partial charge on any atom is 0.263 e. The van der Waals surface area contributed by atoms with Gasteiger partial charge in [-0.3, -0.25) is 14.6 Å². The Labute approximate surface area is 162 Å². The van der Waals surface area contributed by atoms with Crippen LogP contribution in [0.3, 0.4) is 0 Å². The molecule has 0 aliphatic carbocycles. The minimum Gasteiger partial charge on any atom is -0.369 e. The Morgan fingerprint density at radius 3 is 2.48 bits per heavy atom. The second-order valence-electron chi connectivity index (χ2n) is 7.06. The third-order valence-corrected chi connectivity index (χ3v) is 6.47. The predicted molar refractivity (Wildman–Crippen MR) is 103 cm³/mol. The molecule has 0 radical (unpaired) electrons. The Kier molecular flexibility index (Phi) is 4.97. The summed E-state index contributed by atoms with van der Waals surface area (Å²) in [6.45, 7) is 3.35. The Morgan fingerprint density at radius 2 is 1.89 bits per heavy atom. The number of ether oxygens (including phenoxy) is 1. The van der Waals surface area contributed by atoms with E-state index in [0.717, 1.165) is 28.2 Å². The SMILES string of the molecule is CO[C@H]1C(=O)N(C2CCN(C(=O)c3ccc(C)s3)CC2)[C@H]1c1ccncc1. The van der Waals surface area contributed by atoms with Gasteiger partial charge < -0.3 is 14.5 Å². The molecular weight excluding hydrogens is 362 g/mol. The summed E-state index contributed by atoms with van der Waals surface area (Å²) in [7, 11) is 1.58. The number of hydrogen-bond donors (Lipinski definition) is 0. The molecule has 0 saturated carbocycles. The number of β-lactam (4-membered cyclic amide) rings is 1. The first kappa shape index (κ1) is 18.1. The third-order valence-electron chi connectivity index (χ3n) is 5.48. The highest BCUT2D eigenvalue weighted by Crippen LogP contribution is 2.40. The Morgan fingerprint density at radius 1 is 1.19 bits per heavy atom. The van der Waals surface area contributed by atoms with Gasteiger partial charge in [0.25, 0.3) is 11.8 Å². The zero-order valence-electron chi connectivity index (χ0n) is 15.5. The number of piperidine rings is 1. The number of amides is 2. The summed E-state index contributed by atoms with van der Waals surface area (Å²) in [6.07, 6.45) is 4.64. The van der Waals surface area contributed by atoms with Crippen molar-refractivity contribution in [2.45, 2.75) is 38.0 Å². The first-order valence-corrected chi connectivity index (χ1v) is 10.0. The molecule has 6 nitrogen and oxygen atoms in total. The molecule has 2 saturated heterocycles. The van der Waals surface area contributed by atoms with E-state index in [4.69, 9.17) is 4.74 Å². The lowest BCUT2D eigenvalue weighted by Gasteiger charge is -2.52. The van der Waals surface area contributed by atoms with Crippen LogP contribution in [0.4, 0.5) is 0 Å². The van der Waals surface area contributed by atoms with Gasteiger partial charge in [-0.05, 0) is 49.6 Å². The molecule has 2 amide bonds. The van der Waals surface area contributed by atoms with E-state index in [9.17, 15) is 9.59 Å². The molecule has 0 spiro atoms. The molecule has 4 heterocycles. The average molecular weight is 385 g/mol. The number of carbonyl (C=O) groups excluding carboxylic acids is 2. The molecule has 0 N–H and O–H groups in total. The van der Waals surface area contributed by atoms with Gasteiger partial charge in [0.15, 0.2) is 6.10 Å². The van der Waals surface area contributed by atoms with Crippen LogP contribution in [0.5, 0.6) is 0 Å². The molecule has 2 aromatic rings. The topological polar surface area (TPSA) is 62.7 Å². The van der Waals surface area contributed by atoms with Gasteiger partial charge >= 0.3 is 0 Å². The number of rotatable bonds is 4. The number of pyridine rings is 1. The van der Waals surface area contributed by atoms with Crippen LogP contribution in [-0.2, 0) is 9.53 Å². The average Bonchev–Trinajstić information content (AvgIpc) is 3.13. The third kappa shape index (κ3) is 3.26. The van der Waals surface area contributed by atoms with Crippen LogP contribution in [0.15, 0.2) is 36.7 Å². The van der Waals surface area contributed by atoms with Gasteiger partial charge in [0.1, 0.15) is 0 Å². The van der Waals surface area contributed by atoms with Crippen molar-refractivity contribution in [1.29, 1.82) is 0 Å². The van der Waals surface area contributed by atoms with Crippen LogP contribution in [0.25, 0.3) is 0 Å². The molecule has 0 unspecified atom stereocenters. The molecule has 2 atom stereocenters. The van der Waals surface area contributed by atoms with Crippen molar-refractivity contribution in [3.63, 3.8) is 0 Å². The number of carbonyl (C=O) groups is 2. The molecule has 4 rings (SSSR count). The second kappa shape index (κ2) is 7.40. The molecule has 27 heavy (non-hydrogen) atoms. The van der Waals surface area contributed by atoms with Gasteiger partial charge in [-0.1, -0.05) is 0 Å². The minimum absolute atomic E-state index is 0.0398. The van der Waals surface area contributed by atoms with E-state index >= 15 is 0 Å². The van der Waals surface area contributed by atoms with Crippen molar-refractivity contribution in [3.05, 3.63) is 52.0 Å². The highest BCUT2D eigenvalue weighted by atomic mass is 32.1. The van der Waals surface area contributed by atoms with Crippen molar-refractivity contribution < 1.29 is 14.3 Å². The quantitative estimate of drug-likeness (QED) is 0.759. The normalized spacial score (nSPS) is 23.4. The van der Waals surface area contributed by atoms with Crippen LogP contribution >= 0.6 is 11.3 Å². The fourth-order valence-corrected chi connectivity index (χ4v) is 4.90. The summed E-state index contributed by atoms with van der Waals surface area (Å²) >= 11 is 1.54. The lowest BCUT2D eigenvalue weighted by molar-refractivity contribution is -0.178. The number of aryl methyl sites for hydroxylation is 1. The lowest BCUT2D eigenvalue weighted by atomic mass is 9.86. The highest BCUT2D eigenvalue weighted by Gasteiger charge is 2.51. The fraction of sp³-hybridized carbons (Fsp3) is 0.450. The van der Waals surface area contributed by atoms with Crippen LogP contribution in [0.2, 0.25) is 0 Å². The molecule has 2 fully saturated rings. The van der Waals surface area contributed by atoms with Gasteiger partial charge in [-0.2, -0.15) is 0 Å². The summed E-state index contributed by atoms with van der Waals surface area (Å²) in [5.41, 5.74) is 1.05. The number of methoxy groups -OCH3 is 1. The van der Waals surface area contributed by atoms with Crippen LogP contribution in [-0.4, -0.2) is 58.9 Å². The first-order chi connectivity index (χ1) is 13.1. The standard InChI is InChI=1S/C20H23N3O3S/c1-13-3-4-16(27-13)19(24)22-11-7-15(8-12-22)23-17(18(26-2)20(23)25)14-5-9-21-10-6-14/h3-6,9-10,15,17-18H,7-8,11-12H2,1-2H3/t17-,18+/m0/s1.